The first-order chi connectivity index (χ1) is 9.53. The van der Waals surface area contributed by atoms with Crippen molar-refractivity contribution in [1.29, 1.82) is 5.26 Å². The van der Waals surface area contributed by atoms with Crippen molar-refractivity contribution < 1.29 is 8.42 Å². The zero-order chi connectivity index (χ0) is 14.6. The summed E-state index contributed by atoms with van der Waals surface area (Å²) >= 11 is 5.92. The summed E-state index contributed by atoms with van der Waals surface area (Å²) in [5.41, 5.74) is 0.269. The summed E-state index contributed by atoms with van der Waals surface area (Å²) in [6.45, 7) is 1.24. The molecule has 1 fully saturated rings. The van der Waals surface area contributed by atoms with E-state index in [4.69, 9.17) is 16.9 Å². The molecule has 7 heteroatoms. The normalized spacial score (nSPS) is 19.5. The van der Waals surface area contributed by atoms with Crippen molar-refractivity contribution in [2.45, 2.75) is 30.2 Å². The van der Waals surface area contributed by atoms with Crippen molar-refractivity contribution in [3.8, 4) is 6.07 Å². The maximum Gasteiger partial charge on any atom is 0.242 e. The molecule has 5 nitrogen and oxygen atoms in total. The number of piperidine rings is 1. The van der Waals surface area contributed by atoms with Gasteiger partial charge in [-0.05, 0) is 37.6 Å². The van der Waals surface area contributed by atoms with Gasteiger partial charge in [-0.25, -0.2) is 13.1 Å². The van der Waals surface area contributed by atoms with E-state index in [1.807, 2.05) is 6.07 Å². The lowest BCUT2D eigenvalue weighted by Gasteiger charge is -2.23. The third-order valence-corrected chi connectivity index (χ3v) is 5.19. The van der Waals surface area contributed by atoms with Crippen LogP contribution in [-0.2, 0) is 10.0 Å². The minimum atomic E-state index is -3.70. The molecular formula is C13H16ClN3O2S. The maximum absolute atomic E-state index is 12.2. The van der Waals surface area contributed by atoms with Crippen LogP contribution in [0.15, 0.2) is 23.1 Å². The van der Waals surface area contributed by atoms with Gasteiger partial charge in [-0.2, -0.15) is 5.26 Å². The van der Waals surface area contributed by atoms with Gasteiger partial charge in [-0.1, -0.05) is 18.0 Å². The van der Waals surface area contributed by atoms with Crippen LogP contribution in [0.5, 0.6) is 0 Å². The molecule has 0 aromatic heterocycles. The quantitative estimate of drug-likeness (QED) is 0.885. The summed E-state index contributed by atoms with van der Waals surface area (Å²) in [5, 5.41) is 12.2. The van der Waals surface area contributed by atoms with Gasteiger partial charge in [0.1, 0.15) is 4.90 Å². The van der Waals surface area contributed by atoms with E-state index >= 15 is 0 Å². The van der Waals surface area contributed by atoms with Crippen molar-refractivity contribution in [2.75, 3.05) is 13.1 Å². The van der Waals surface area contributed by atoms with Crippen LogP contribution >= 0.6 is 11.6 Å². The minimum Gasteiger partial charge on any atom is -0.313 e. The number of nitrogens with one attached hydrogen (secondary N) is 2. The Bertz CT molecular complexity index is 619. The Hall–Kier alpha value is -1.13. The zero-order valence-corrected chi connectivity index (χ0v) is 12.5. The highest BCUT2D eigenvalue weighted by Crippen LogP contribution is 2.22. The van der Waals surface area contributed by atoms with E-state index in [2.05, 4.69) is 10.0 Å². The molecule has 0 spiro atoms. The van der Waals surface area contributed by atoms with E-state index in [1.54, 1.807) is 0 Å². The molecule has 20 heavy (non-hydrogen) atoms. The van der Waals surface area contributed by atoms with E-state index in [0.717, 1.165) is 25.8 Å². The van der Waals surface area contributed by atoms with Crippen LogP contribution < -0.4 is 10.0 Å². The predicted molar refractivity (Wildman–Crippen MR) is 77.0 cm³/mol. The molecule has 2 N–H and O–H groups in total. The minimum absolute atomic E-state index is 0.0472. The largest absolute Gasteiger partial charge is 0.313 e. The van der Waals surface area contributed by atoms with E-state index in [-0.39, 0.29) is 21.5 Å². The number of rotatable bonds is 4. The average Bonchev–Trinajstić information content (AvgIpc) is 2.47. The molecule has 1 heterocycles. The summed E-state index contributed by atoms with van der Waals surface area (Å²) < 4.78 is 27.0. The molecular weight excluding hydrogens is 298 g/mol. The van der Waals surface area contributed by atoms with E-state index < -0.39 is 10.0 Å². The Morgan fingerprint density at radius 1 is 1.45 bits per heavy atom. The third-order valence-electron chi connectivity index (χ3n) is 3.28. The summed E-state index contributed by atoms with van der Waals surface area (Å²) in [5.74, 6) is 0. The average molecular weight is 314 g/mol. The maximum atomic E-state index is 12.2. The molecule has 0 aliphatic carbocycles. The molecule has 1 saturated heterocycles. The molecule has 1 unspecified atom stereocenters. The highest BCUT2D eigenvalue weighted by molar-refractivity contribution is 7.89. The van der Waals surface area contributed by atoms with Crippen LogP contribution in [0.25, 0.3) is 0 Å². The lowest BCUT2D eigenvalue weighted by atomic mass is 10.1. The first-order valence-corrected chi connectivity index (χ1v) is 8.32. The van der Waals surface area contributed by atoms with Gasteiger partial charge in [0.2, 0.25) is 10.0 Å². The molecule has 0 bridgehead atoms. The van der Waals surface area contributed by atoms with Gasteiger partial charge >= 0.3 is 0 Å². The first kappa shape index (κ1) is 15.3. The SMILES string of the molecule is N#Cc1ccc(Cl)c(S(=O)(=O)NCC2CCCCN2)c1. The summed E-state index contributed by atoms with van der Waals surface area (Å²) in [4.78, 5) is -0.0472. The van der Waals surface area contributed by atoms with Gasteiger partial charge < -0.3 is 5.32 Å². The van der Waals surface area contributed by atoms with Gasteiger partial charge in [-0.3, -0.25) is 0 Å². The number of halogens is 1. The molecule has 1 aromatic carbocycles. The monoisotopic (exact) mass is 313 g/mol. The van der Waals surface area contributed by atoms with Crippen molar-refractivity contribution in [1.82, 2.24) is 10.0 Å². The van der Waals surface area contributed by atoms with Crippen LogP contribution in [0.3, 0.4) is 0 Å². The van der Waals surface area contributed by atoms with Crippen molar-refractivity contribution >= 4 is 21.6 Å². The zero-order valence-electron chi connectivity index (χ0n) is 10.9. The fourth-order valence-electron chi connectivity index (χ4n) is 2.17. The molecule has 0 amide bonds. The highest BCUT2D eigenvalue weighted by Gasteiger charge is 2.21. The molecule has 1 aliphatic rings. The van der Waals surface area contributed by atoms with Gasteiger partial charge in [-0.15, -0.1) is 0 Å². The van der Waals surface area contributed by atoms with Crippen molar-refractivity contribution in [3.63, 3.8) is 0 Å². The summed E-state index contributed by atoms with van der Waals surface area (Å²) in [6, 6.07) is 6.26. The standard InChI is InChI=1S/C13H16ClN3O2S/c14-12-5-4-10(8-15)7-13(12)20(18,19)17-9-11-3-1-2-6-16-11/h4-5,7,11,16-17H,1-3,6,9H2. The second-order valence-corrected chi connectivity index (χ2v) is 6.90. The van der Waals surface area contributed by atoms with E-state index in [1.165, 1.54) is 18.2 Å². The molecule has 0 saturated carbocycles. The Morgan fingerprint density at radius 3 is 2.90 bits per heavy atom. The predicted octanol–water partition coefficient (Wildman–Crippen LogP) is 1.63. The van der Waals surface area contributed by atoms with Crippen LogP contribution in [0.2, 0.25) is 5.02 Å². The van der Waals surface area contributed by atoms with Gasteiger partial charge in [0.15, 0.2) is 0 Å². The van der Waals surface area contributed by atoms with E-state index in [9.17, 15) is 8.42 Å². The Morgan fingerprint density at radius 2 is 2.25 bits per heavy atom. The molecule has 2 rings (SSSR count). The van der Waals surface area contributed by atoms with Crippen LogP contribution in [0.4, 0.5) is 0 Å². The second kappa shape index (κ2) is 6.55. The van der Waals surface area contributed by atoms with Crippen molar-refractivity contribution in [3.05, 3.63) is 28.8 Å². The topological polar surface area (TPSA) is 82.0 Å². The highest BCUT2D eigenvalue weighted by atomic mass is 35.5. The van der Waals surface area contributed by atoms with Crippen LogP contribution in [-0.4, -0.2) is 27.5 Å². The molecule has 1 aromatic rings. The Balaban J connectivity index is 2.11. The lowest BCUT2D eigenvalue weighted by Crippen LogP contribution is -2.43. The van der Waals surface area contributed by atoms with Crippen LogP contribution in [0, 0.1) is 11.3 Å². The Labute approximate surface area is 124 Å². The number of hydrogen-bond acceptors (Lipinski definition) is 4. The van der Waals surface area contributed by atoms with Crippen LogP contribution in [0.1, 0.15) is 24.8 Å². The number of sulfonamides is 1. The number of hydrogen-bond donors (Lipinski definition) is 2. The Kier molecular flexibility index (Phi) is 5.00. The van der Waals surface area contributed by atoms with Crippen molar-refractivity contribution in [2.24, 2.45) is 0 Å². The second-order valence-electron chi connectivity index (χ2n) is 4.76. The van der Waals surface area contributed by atoms with E-state index in [0.29, 0.717) is 6.54 Å². The number of benzene rings is 1. The van der Waals surface area contributed by atoms with Gasteiger partial charge in [0, 0.05) is 12.6 Å². The molecule has 1 aliphatic heterocycles. The number of nitrogens with zero attached hydrogens (tertiary/aromatic N) is 1. The van der Waals surface area contributed by atoms with Gasteiger partial charge in [0.25, 0.3) is 0 Å². The fourth-order valence-corrected chi connectivity index (χ4v) is 3.77. The number of nitriles is 1. The summed E-state index contributed by atoms with van der Waals surface area (Å²) in [6.07, 6.45) is 3.18. The smallest absolute Gasteiger partial charge is 0.242 e. The third kappa shape index (κ3) is 3.70. The lowest BCUT2D eigenvalue weighted by molar-refractivity contribution is 0.398. The molecule has 1 atom stereocenters. The van der Waals surface area contributed by atoms with Gasteiger partial charge in [0.05, 0.1) is 16.7 Å². The molecule has 0 radical (unpaired) electrons. The fraction of sp³-hybridized carbons (Fsp3) is 0.462. The summed E-state index contributed by atoms with van der Waals surface area (Å²) in [7, 11) is -3.70. The first-order valence-electron chi connectivity index (χ1n) is 6.45. The molecule has 108 valence electrons.